The molecule has 4 aromatic rings. The second-order valence-electron chi connectivity index (χ2n) is 12.9. The monoisotopic (exact) mass is 473 g/mol. The van der Waals surface area contributed by atoms with Crippen molar-refractivity contribution in [2.45, 2.75) is 71.6 Å². The highest BCUT2D eigenvalue weighted by molar-refractivity contribution is 5.96. The van der Waals surface area contributed by atoms with Gasteiger partial charge >= 0.3 is 0 Å². The Labute approximate surface area is 217 Å². The first-order chi connectivity index (χ1) is 16.8. The summed E-state index contributed by atoms with van der Waals surface area (Å²) in [5.41, 5.74) is 20.6. The fourth-order valence-electron chi connectivity index (χ4n) is 6.05. The molecular weight excluding hydrogens is 434 g/mol. The van der Waals surface area contributed by atoms with Gasteiger partial charge in [0.15, 0.2) is 0 Å². The normalized spacial score (nSPS) is 14.4. The minimum absolute atomic E-state index is 0.0646. The van der Waals surface area contributed by atoms with Crippen molar-refractivity contribution < 1.29 is 0 Å². The number of hydrogen-bond acceptors (Lipinski definition) is 1. The lowest BCUT2D eigenvalue weighted by Gasteiger charge is -2.34. The van der Waals surface area contributed by atoms with Crippen LogP contribution in [0.1, 0.15) is 77.6 Å². The summed E-state index contributed by atoms with van der Waals surface area (Å²) in [6.45, 7) is 18.7. The van der Waals surface area contributed by atoms with Crippen LogP contribution in [0.3, 0.4) is 0 Å². The van der Waals surface area contributed by atoms with Crippen LogP contribution in [0.15, 0.2) is 78.9 Å². The Morgan fingerprint density at radius 2 is 1.14 bits per heavy atom. The Balaban J connectivity index is 1.94. The van der Waals surface area contributed by atoms with Crippen LogP contribution >= 0.6 is 0 Å². The van der Waals surface area contributed by atoms with Crippen molar-refractivity contribution in [2.24, 2.45) is 0 Å². The zero-order valence-electron chi connectivity index (χ0n) is 23.1. The molecule has 5 rings (SSSR count). The van der Waals surface area contributed by atoms with Crippen molar-refractivity contribution in [1.29, 1.82) is 0 Å². The fourth-order valence-corrected chi connectivity index (χ4v) is 6.05. The third kappa shape index (κ3) is 3.77. The minimum Gasteiger partial charge on any atom is -0.398 e. The van der Waals surface area contributed by atoms with Crippen LogP contribution in [0.5, 0.6) is 0 Å². The first kappa shape index (κ1) is 24.4. The maximum Gasteiger partial charge on any atom is 0.0397 e. The molecule has 1 nitrogen and oxygen atoms in total. The highest BCUT2D eigenvalue weighted by Gasteiger charge is 2.40. The van der Waals surface area contributed by atoms with Crippen LogP contribution in [0, 0.1) is 0 Å². The number of fused-ring (bicyclic) bond motifs is 3. The van der Waals surface area contributed by atoms with E-state index in [4.69, 9.17) is 5.73 Å². The smallest absolute Gasteiger partial charge is 0.0397 e. The summed E-state index contributed by atoms with van der Waals surface area (Å²) in [6.07, 6.45) is 0. The molecule has 0 atom stereocenters. The van der Waals surface area contributed by atoms with Crippen molar-refractivity contribution in [3.8, 4) is 33.4 Å². The van der Waals surface area contributed by atoms with E-state index in [9.17, 15) is 0 Å². The van der Waals surface area contributed by atoms with Gasteiger partial charge in [-0.1, -0.05) is 116 Å². The molecule has 0 saturated carbocycles. The average Bonchev–Trinajstić information content (AvgIpc) is 3.05. The van der Waals surface area contributed by atoms with Crippen molar-refractivity contribution in [3.05, 3.63) is 101 Å². The molecule has 2 N–H and O–H groups in total. The van der Waals surface area contributed by atoms with Crippen LogP contribution in [-0.4, -0.2) is 0 Å². The summed E-state index contributed by atoms with van der Waals surface area (Å²) in [5, 5.41) is 0. The Morgan fingerprint density at radius 1 is 0.583 bits per heavy atom. The van der Waals surface area contributed by atoms with E-state index < -0.39 is 0 Å². The van der Waals surface area contributed by atoms with Gasteiger partial charge in [-0.2, -0.15) is 0 Å². The number of nitrogens with two attached hydrogens (primary N) is 1. The van der Waals surface area contributed by atoms with Crippen LogP contribution in [0.4, 0.5) is 5.69 Å². The lowest BCUT2D eigenvalue weighted by molar-refractivity contribution is 0.571. The van der Waals surface area contributed by atoms with Crippen LogP contribution in [-0.2, 0) is 16.2 Å². The van der Waals surface area contributed by atoms with E-state index in [0.717, 1.165) is 5.69 Å². The molecular formula is C35H39N. The van der Waals surface area contributed by atoms with Crippen LogP contribution in [0.2, 0.25) is 0 Å². The highest BCUT2D eigenvalue weighted by Crippen LogP contribution is 2.56. The summed E-state index contributed by atoms with van der Waals surface area (Å²) in [7, 11) is 0. The molecule has 0 radical (unpaired) electrons. The Kier molecular flexibility index (Phi) is 5.48. The second-order valence-corrected chi connectivity index (χ2v) is 12.9. The molecule has 0 saturated heterocycles. The van der Waals surface area contributed by atoms with Gasteiger partial charge in [-0.25, -0.2) is 0 Å². The summed E-state index contributed by atoms with van der Waals surface area (Å²) in [5.74, 6) is 0. The molecule has 1 aliphatic rings. The van der Waals surface area contributed by atoms with Gasteiger partial charge in [0, 0.05) is 16.7 Å². The lowest BCUT2D eigenvalue weighted by Crippen LogP contribution is -2.22. The van der Waals surface area contributed by atoms with Crippen molar-refractivity contribution in [1.82, 2.24) is 0 Å². The maximum atomic E-state index is 6.96. The highest BCUT2D eigenvalue weighted by atomic mass is 14.6. The SMILES string of the molecule is CC(C)(C)c1cc(-c2ccccc2)cc(C(C)(C)C)c1-c1c(N)ccc2c1C(C)(C)c1ccccc1-2. The Morgan fingerprint density at radius 3 is 1.72 bits per heavy atom. The number of anilines is 1. The Bertz CT molecular complexity index is 1420. The van der Waals surface area contributed by atoms with E-state index in [1.807, 2.05) is 0 Å². The first-order valence-electron chi connectivity index (χ1n) is 13.1. The van der Waals surface area contributed by atoms with Gasteiger partial charge in [0.25, 0.3) is 0 Å². The number of rotatable bonds is 2. The van der Waals surface area contributed by atoms with Gasteiger partial charge in [0.05, 0.1) is 0 Å². The van der Waals surface area contributed by atoms with Crippen molar-refractivity contribution >= 4 is 5.69 Å². The van der Waals surface area contributed by atoms with E-state index in [0.29, 0.717) is 0 Å². The van der Waals surface area contributed by atoms with Crippen LogP contribution in [0.25, 0.3) is 33.4 Å². The van der Waals surface area contributed by atoms with E-state index in [2.05, 4.69) is 134 Å². The van der Waals surface area contributed by atoms with Gasteiger partial charge in [0.1, 0.15) is 0 Å². The van der Waals surface area contributed by atoms with Gasteiger partial charge in [-0.05, 0) is 79.1 Å². The minimum atomic E-state index is -0.140. The summed E-state index contributed by atoms with van der Waals surface area (Å²) < 4.78 is 0. The first-order valence-corrected chi connectivity index (χ1v) is 13.1. The third-order valence-electron chi connectivity index (χ3n) is 7.86. The molecule has 0 aliphatic heterocycles. The number of benzene rings is 4. The number of hydrogen-bond donors (Lipinski definition) is 1. The van der Waals surface area contributed by atoms with E-state index in [-0.39, 0.29) is 16.2 Å². The van der Waals surface area contributed by atoms with Gasteiger partial charge in [-0.3, -0.25) is 0 Å². The molecule has 0 heterocycles. The molecule has 184 valence electrons. The third-order valence-corrected chi connectivity index (χ3v) is 7.86. The zero-order valence-corrected chi connectivity index (χ0v) is 23.1. The standard InChI is InChI=1S/C35H39N/c1-33(2,3)27-20-23(22-14-10-9-11-15-22)21-28(34(4,5)6)30(27)31-29(36)19-18-25-24-16-12-13-17-26(24)35(7,8)32(25)31/h9-21H,36H2,1-8H3. The van der Waals surface area contributed by atoms with E-state index in [1.165, 1.54) is 55.6 Å². The van der Waals surface area contributed by atoms with Gasteiger partial charge in [-0.15, -0.1) is 0 Å². The largest absolute Gasteiger partial charge is 0.398 e. The predicted octanol–water partition coefficient (Wildman–Crippen LogP) is 9.50. The summed E-state index contributed by atoms with van der Waals surface area (Å²) in [4.78, 5) is 0. The van der Waals surface area contributed by atoms with Gasteiger partial charge in [0.2, 0.25) is 0 Å². The lowest BCUT2D eigenvalue weighted by atomic mass is 9.69. The number of nitrogen functional groups attached to an aromatic ring is 1. The molecule has 36 heavy (non-hydrogen) atoms. The quantitative estimate of drug-likeness (QED) is 0.288. The second kappa shape index (κ2) is 8.10. The van der Waals surface area contributed by atoms with Gasteiger partial charge < -0.3 is 5.73 Å². The summed E-state index contributed by atoms with van der Waals surface area (Å²) >= 11 is 0. The van der Waals surface area contributed by atoms with Crippen molar-refractivity contribution in [3.63, 3.8) is 0 Å². The molecule has 0 bridgehead atoms. The van der Waals surface area contributed by atoms with E-state index in [1.54, 1.807) is 0 Å². The Hall–Kier alpha value is -3.32. The molecule has 0 aromatic heterocycles. The molecule has 0 fully saturated rings. The molecule has 0 unspecified atom stereocenters. The molecule has 1 heteroatoms. The molecule has 1 aliphatic carbocycles. The maximum absolute atomic E-state index is 6.96. The summed E-state index contributed by atoms with van der Waals surface area (Å²) in [6, 6.07) is 28.8. The average molecular weight is 474 g/mol. The van der Waals surface area contributed by atoms with Crippen LogP contribution < -0.4 is 5.73 Å². The molecule has 0 spiro atoms. The fraction of sp³-hybridized carbons (Fsp3) is 0.314. The molecule has 4 aromatic carbocycles. The topological polar surface area (TPSA) is 26.0 Å². The molecule has 0 amide bonds. The predicted molar refractivity (Wildman–Crippen MR) is 157 cm³/mol. The zero-order chi connectivity index (χ0) is 26.0. The van der Waals surface area contributed by atoms with E-state index >= 15 is 0 Å². The van der Waals surface area contributed by atoms with Crippen molar-refractivity contribution in [2.75, 3.05) is 5.73 Å².